The highest BCUT2D eigenvalue weighted by Gasteiger charge is 2.19. The Morgan fingerprint density at radius 3 is 2.50 bits per heavy atom. The van der Waals surface area contributed by atoms with Crippen molar-refractivity contribution in [1.29, 1.82) is 0 Å². The third-order valence-corrected chi connectivity index (χ3v) is 6.17. The van der Waals surface area contributed by atoms with E-state index in [1.807, 2.05) is 0 Å². The molecule has 0 spiro atoms. The lowest BCUT2D eigenvalue weighted by molar-refractivity contribution is 0.102. The summed E-state index contributed by atoms with van der Waals surface area (Å²) in [5.74, 6) is -0.853. The van der Waals surface area contributed by atoms with E-state index in [4.69, 9.17) is 4.42 Å². The summed E-state index contributed by atoms with van der Waals surface area (Å²) in [5.41, 5.74) is 0.899. The zero-order valence-corrected chi connectivity index (χ0v) is 16.0. The highest BCUT2D eigenvalue weighted by atomic mass is 32.2. The maximum absolute atomic E-state index is 13.2. The second kappa shape index (κ2) is 7.89. The van der Waals surface area contributed by atoms with Crippen molar-refractivity contribution in [3.05, 3.63) is 71.4 Å². The summed E-state index contributed by atoms with van der Waals surface area (Å²) in [6, 6.07) is 11.5. The van der Waals surface area contributed by atoms with E-state index in [0.29, 0.717) is 0 Å². The number of nitrogens with one attached hydrogen (secondary N) is 1. The molecule has 1 amide bonds. The summed E-state index contributed by atoms with van der Waals surface area (Å²) in [6.07, 6.45) is 0.269. The molecule has 0 unspecified atom stereocenters. The number of carbonyl (C=O) groups is 1. The second-order valence-corrected chi connectivity index (χ2v) is 8.88. The number of rotatable bonds is 6. The van der Waals surface area contributed by atoms with Crippen LogP contribution in [0.15, 0.2) is 57.8 Å². The van der Waals surface area contributed by atoms with E-state index in [1.54, 1.807) is 26.0 Å². The van der Waals surface area contributed by atoms with Gasteiger partial charge in [-0.3, -0.25) is 10.1 Å². The van der Waals surface area contributed by atoms with Gasteiger partial charge >= 0.3 is 6.01 Å². The normalized spacial score (nSPS) is 11.6. The molecule has 0 saturated heterocycles. The van der Waals surface area contributed by atoms with E-state index in [-0.39, 0.29) is 28.8 Å². The van der Waals surface area contributed by atoms with Gasteiger partial charge in [0.2, 0.25) is 5.89 Å². The molecule has 1 N–H and O–H groups in total. The van der Waals surface area contributed by atoms with Gasteiger partial charge in [-0.25, -0.2) is 12.8 Å². The van der Waals surface area contributed by atoms with Crippen molar-refractivity contribution < 1.29 is 22.0 Å². The molecule has 0 aliphatic rings. The van der Waals surface area contributed by atoms with Gasteiger partial charge in [0.1, 0.15) is 5.82 Å². The summed E-state index contributed by atoms with van der Waals surface area (Å²) in [7, 11) is -3.33. The van der Waals surface area contributed by atoms with Crippen LogP contribution >= 0.6 is 0 Å². The maximum atomic E-state index is 13.2. The minimum absolute atomic E-state index is 0.108. The number of halogens is 1. The van der Waals surface area contributed by atoms with Gasteiger partial charge in [-0.15, -0.1) is 5.10 Å². The summed E-state index contributed by atoms with van der Waals surface area (Å²) in [6.45, 7) is 3.25. The molecule has 3 rings (SSSR count). The summed E-state index contributed by atoms with van der Waals surface area (Å²) < 4.78 is 42.9. The SMILES string of the molecule is CC(C)S(=O)(=O)c1ccc(Cc2nnc(NC(=O)c3cccc(F)c3)o2)cc1. The fraction of sp³-hybridized carbons (Fsp3) is 0.211. The molecule has 0 radical (unpaired) electrons. The quantitative estimate of drug-likeness (QED) is 0.678. The highest BCUT2D eigenvalue weighted by Crippen LogP contribution is 2.18. The second-order valence-electron chi connectivity index (χ2n) is 6.38. The number of sulfone groups is 1. The average Bonchev–Trinajstić information content (AvgIpc) is 3.08. The number of benzene rings is 2. The first-order chi connectivity index (χ1) is 13.3. The van der Waals surface area contributed by atoms with Gasteiger partial charge in [-0.1, -0.05) is 23.3 Å². The Kier molecular flexibility index (Phi) is 5.55. The number of amides is 1. The minimum atomic E-state index is -3.33. The molecular formula is C19H18FN3O4S. The molecule has 0 fully saturated rings. The molecule has 1 aromatic heterocycles. The molecule has 0 saturated carbocycles. The van der Waals surface area contributed by atoms with Gasteiger partial charge in [0, 0.05) is 5.56 Å². The lowest BCUT2D eigenvalue weighted by Crippen LogP contribution is -2.13. The van der Waals surface area contributed by atoms with Crippen molar-refractivity contribution in [3.8, 4) is 0 Å². The first-order valence-corrected chi connectivity index (χ1v) is 10.0. The van der Waals surface area contributed by atoms with Crippen molar-refractivity contribution in [3.63, 3.8) is 0 Å². The van der Waals surface area contributed by atoms with Gasteiger partial charge < -0.3 is 4.42 Å². The standard InChI is InChI=1S/C19H18FN3O4S/c1-12(2)28(25,26)16-8-6-13(7-9-16)10-17-22-23-19(27-17)21-18(24)14-4-3-5-15(20)11-14/h3-9,11-12H,10H2,1-2H3,(H,21,23,24). The Hall–Kier alpha value is -3.07. The minimum Gasteiger partial charge on any atom is -0.407 e. The fourth-order valence-corrected chi connectivity index (χ4v) is 3.48. The summed E-state index contributed by atoms with van der Waals surface area (Å²) in [4.78, 5) is 12.3. The molecule has 0 aliphatic heterocycles. The largest absolute Gasteiger partial charge is 0.407 e. The number of nitrogens with zero attached hydrogens (tertiary/aromatic N) is 2. The van der Waals surface area contributed by atoms with Crippen LogP contribution < -0.4 is 5.32 Å². The summed E-state index contributed by atoms with van der Waals surface area (Å²) in [5, 5.41) is 9.50. The van der Waals surface area contributed by atoms with Gasteiger partial charge in [-0.05, 0) is 49.7 Å². The topological polar surface area (TPSA) is 102 Å². The van der Waals surface area contributed by atoms with Crippen LogP contribution in [-0.4, -0.2) is 29.8 Å². The van der Waals surface area contributed by atoms with Gasteiger partial charge in [0.05, 0.1) is 16.6 Å². The Balaban J connectivity index is 1.67. The number of hydrogen-bond donors (Lipinski definition) is 1. The van der Waals surface area contributed by atoms with E-state index in [1.165, 1.54) is 30.3 Å². The first kappa shape index (κ1) is 19.7. The zero-order chi connectivity index (χ0) is 20.3. The Labute approximate surface area is 161 Å². The lowest BCUT2D eigenvalue weighted by atomic mass is 10.1. The van der Waals surface area contributed by atoms with Gasteiger partial charge in [0.25, 0.3) is 5.91 Å². The monoisotopic (exact) mass is 403 g/mol. The number of carbonyl (C=O) groups excluding carboxylic acids is 1. The molecular weight excluding hydrogens is 385 g/mol. The molecule has 2 aromatic carbocycles. The molecule has 1 heterocycles. The van der Waals surface area contributed by atoms with E-state index >= 15 is 0 Å². The predicted octanol–water partition coefficient (Wildman–Crippen LogP) is 3.23. The van der Waals surface area contributed by atoms with Crippen molar-refractivity contribution in [2.24, 2.45) is 0 Å². The molecule has 0 aliphatic carbocycles. The van der Waals surface area contributed by atoms with Crippen LogP contribution in [-0.2, 0) is 16.3 Å². The molecule has 9 heteroatoms. The Bertz CT molecular complexity index is 1090. The van der Waals surface area contributed by atoms with Crippen LogP contribution in [0.1, 0.15) is 35.7 Å². The molecule has 0 atom stereocenters. The fourth-order valence-electron chi connectivity index (χ4n) is 2.42. The lowest BCUT2D eigenvalue weighted by Gasteiger charge is -2.08. The third-order valence-electron chi connectivity index (χ3n) is 4.00. The van der Waals surface area contributed by atoms with Gasteiger partial charge in [0.15, 0.2) is 9.84 Å². The molecule has 28 heavy (non-hydrogen) atoms. The van der Waals surface area contributed by atoms with E-state index < -0.39 is 26.8 Å². The van der Waals surface area contributed by atoms with Crippen LogP contribution in [0.3, 0.4) is 0 Å². The van der Waals surface area contributed by atoms with Crippen LogP contribution in [0.4, 0.5) is 10.4 Å². The van der Waals surface area contributed by atoms with Crippen LogP contribution in [0, 0.1) is 5.82 Å². The maximum Gasteiger partial charge on any atom is 0.322 e. The van der Waals surface area contributed by atoms with E-state index in [9.17, 15) is 17.6 Å². The smallest absolute Gasteiger partial charge is 0.322 e. The molecule has 0 bridgehead atoms. The van der Waals surface area contributed by atoms with Crippen molar-refractivity contribution in [2.75, 3.05) is 5.32 Å². The van der Waals surface area contributed by atoms with Crippen molar-refractivity contribution in [2.45, 2.75) is 30.4 Å². The molecule has 146 valence electrons. The zero-order valence-electron chi connectivity index (χ0n) is 15.2. The Morgan fingerprint density at radius 2 is 1.86 bits per heavy atom. The van der Waals surface area contributed by atoms with E-state index in [0.717, 1.165) is 11.6 Å². The van der Waals surface area contributed by atoms with Gasteiger partial charge in [-0.2, -0.15) is 0 Å². The van der Waals surface area contributed by atoms with Crippen molar-refractivity contribution >= 4 is 21.8 Å². The number of aromatic nitrogens is 2. The highest BCUT2D eigenvalue weighted by molar-refractivity contribution is 7.92. The molecule has 7 nitrogen and oxygen atoms in total. The Morgan fingerprint density at radius 1 is 1.14 bits per heavy atom. The van der Waals surface area contributed by atoms with Crippen LogP contribution in [0.5, 0.6) is 0 Å². The number of anilines is 1. The van der Waals surface area contributed by atoms with Crippen LogP contribution in [0.25, 0.3) is 0 Å². The first-order valence-electron chi connectivity index (χ1n) is 8.48. The van der Waals surface area contributed by atoms with E-state index in [2.05, 4.69) is 15.5 Å². The number of hydrogen-bond acceptors (Lipinski definition) is 6. The third kappa shape index (κ3) is 4.42. The summed E-state index contributed by atoms with van der Waals surface area (Å²) >= 11 is 0. The van der Waals surface area contributed by atoms with Crippen molar-refractivity contribution in [1.82, 2.24) is 10.2 Å². The molecule has 3 aromatic rings. The predicted molar refractivity (Wildman–Crippen MR) is 100 cm³/mol. The average molecular weight is 403 g/mol. The van der Waals surface area contributed by atoms with Crippen LogP contribution in [0.2, 0.25) is 0 Å².